The number of carbonyl (C=O) groups is 4. The maximum Gasteiger partial charge on any atom is 0.407 e. The predicted octanol–water partition coefficient (Wildman–Crippen LogP) is 5.95. The van der Waals surface area contributed by atoms with Crippen molar-refractivity contribution in [3.8, 4) is 35.5 Å². The van der Waals surface area contributed by atoms with Crippen LogP contribution in [0.25, 0.3) is 0 Å². The van der Waals surface area contributed by atoms with Gasteiger partial charge < -0.3 is 40.2 Å². The molecule has 0 atom stereocenters. The Morgan fingerprint density at radius 3 is 1.00 bits per heavy atom. The number of nitrogens with one attached hydrogen (secondary N) is 4. The summed E-state index contributed by atoms with van der Waals surface area (Å²) in [6.45, 7) is 22.3. The Kier molecular flexibility index (Phi) is 18.7. The maximum atomic E-state index is 12.3. The van der Waals surface area contributed by atoms with Gasteiger partial charge in [0.2, 0.25) is 0 Å². The van der Waals surface area contributed by atoms with E-state index in [1.54, 1.807) is 83.1 Å². The molecule has 0 rings (SSSR count). The molecule has 4 amide bonds. The van der Waals surface area contributed by atoms with Gasteiger partial charge in [0.1, 0.15) is 22.4 Å². The van der Waals surface area contributed by atoms with Gasteiger partial charge in [0.05, 0.1) is 5.57 Å². The summed E-state index contributed by atoms with van der Waals surface area (Å²) in [6, 6.07) is 0. The lowest BCUT2D eigenvalue weighted by molar-refractivity contribution is 0.0517. The normalized spacial score (nSPS) is 11.0. The van der Waals surface area contributed by atoms with E-state index >= 15 is 0 Å². The topological polar surface area (TPSA) is 153 Å². The number of alkyl carbamates (subject to hydrolysis) is 4. The maximum absolute atomic E-state index is 12.3. The van der Waals surface area contributed by atoms with Gasteiger partial charge in [0.15, 0.2) is 0 Å². The minimum Gasteiger partial charge on any atom is -0.444 e. The van der Waals surface area contributed by atoms with Crippen LogP contribution in [0.3, 0.4) is 0 Å². The van der Waals surface area contributed by atoms with E-state index in [0.29, 0.717) is 30.4 Å². The number of rotatable bonds is 9. The van der Waals surface area contributed by atoms with Crippen LogP contribution in [0.15, 0.2) is 11.1 Å². The highest BCUT2D eigenvalue weighted by Crippen LogP contribution is 2.11. The summed E-state index contributed by atoms with van der Waals surface area (Å²) in [5.41, 5.74) is -1.55. The van der Waals surface area contributed by atoms with Gasteiger partial charge in [-0.3, -0.25) is 0 Å². The number of amides is 4. The van der Waals surface area contributed by atoms with Crippen LogP contribution in [-0.2, 0) is 18.9 Å². The van der Waals surface area contributed by atoms with Crippen molar-refractivity contribution >= 4 is 24.4 Å². The Bertz CT molecular complexity index is 1250. The van der Waals surface area contributed by atoms with Crippen LogP contribution in [0, 0.1) is 35.5 Å². The molecule has 0 aliphatic heterocycles. The highest BCUT2D eigenvalue weighted by molar-refractivity contribution is 5.69. The van der Waals surface area contributed by atoms with E-state index in [9.17, 15) is 19.2 Å². The third-order valence-electron chi connectivity index (χ3n) is 4.77. The fourth-order valence-corrected chi connectivity index (χ4v) is 3.13. The third kappa shape index (κ3) is 27.8. The summed E-state index contributed by atoms with van der Waals surface area (Å²) in [5.74, 6) is 18.3. The summed E-state index contributed by atoms with van der Waals surface area (Å²) >= 11 is 0. The zero-order chi connectivity index (χ0) is 37.0. The van der Waals surface area contributed by atoms with E-state index in [0.717, 1.165) is 0 Å². The van der Waals surface area contributed by atoms with E-state index in [-0.39, 0.29) is 32.6 Å². The minimum absolute atomic E-state index is 0.197. The van der Waals surface area contributed by atoms with Crippen molar-refractivity contribution in [1.82, 2.24) is 21.3 Å². The van der Waals surface area contributed by atoms with Gasteiger partial charge in [-0.05, 0) is 89.5 Å². The average Bonchev–Trinajstić information content (AvgIpc) is 2.86. The van der Waals surface area contributed by atoms with Crippen molar-refractivity contribution in [2.45, 2.75) is 131 Å². The molecular formula is C36H56N4O8. The van der Waals surface area contributed by atoms with Crippen LogP contribution in [0.1, 0.15) is 109 Å². The van der Waals surface area contributed by atoms with Gasteiger partial charge in [-0.1, -0.05) is 35.5 Å². The molecule has 0 unspecified atom stereocenters. The first-order chi connectivity index (χ1) is 22.0. The lowest BCUT2D eigenvalue weighted by Gasteiger charge is -2.19. The highest BCUT2D eigenvalue weighted by Gasteiger charge is 2.18. The first kappa shape index (κ1) is 43.5. The Hall–Kier alpha value is -4.50. The molecule has 0 saturated heterocycles. The quantitative estimate of drug-likeness (QED) is 0.133. The first-order valence-electron chi connectivity index (χ1n) is 16.0. The van der Waals surface area contributed by atoms with Crippen molar-refractivity contribution in [3.63, 3.8) is 0 Å². The number of carbonyl (C=O) groups excluding carboxylic acids is 4. The molecule has 4 N–H and O–H groups in total. The molecule has 0 aromatic rings. The van der Waals surface area contributed by atoms with Gasteiger partial charge in [-0.15, -0.1) is 0 Å². The molecule has 0 spiro atoms. The first-order valence-corrected chi connectivity index (χ1v) is 16.0. The molecule has 12 nitrogen and oxygen atoms in total. The standard InChI is InChI=1S/C36H56N4O8/c1-33(2,3)45-29(41)37-23-16-13-19-27(20-14-17-24-38-30(42)46-34(4,5)6)28(22-26-40-32(44)48-36(10,11)12)21-15-18-25-39-31(43)47-35(7,8)9/h16-18,22-26H2,1-12H3,(H,37,41)(H,38,42)(H,39,43)(H,40,44). The smallest absolute Gasteiger partial charge is 0.407 e. The molecule has 0 aliphatic rings. The SMILES string of the molecule is CC(C)(C)OC(=O)NCCC#CC(C#CCCNC(=O)OC(C)(C)C)=C(C#CCCNC(=O)OC(C)(C)C)CCNC(=O)OC(C)(C)C. The summed E-state index contributed by atoms with van der Waals surface area (Å²) in [4.78, 5) is 48.2. The summed E-state index contributed by atoms with van der Waals surface area (Å²) in [5, 5.41) is 10.7. The molecule has 0 aliphatic carbocycles. The number of hydrogen-bond donors (Lipinski definition) is 4. The molecule has 0 saturated carbocycles. The van der Waals surface area contributed by atoms with E-state index in [2.05, 4.69) is 56.8 Å². The van der Waals surface area contributed by atoms with E-state index in [1.165, 1.54) is 0 Å². The summed E-state index contributed by atoms with van der Waals surface area (Å²) in [7, 11) is 0. The third-order valence-corrected chi connectivity index (χ3v) is 4.77. The lowest BCUT2D eigenvalue weighted by atomic mass is 10.0. The van der Waals surface area contributed by atoms with Crippen molar-refractivity contribution < 1.29 is 38.1 Å². The second kappa shape index (κ2) is 20.7. The van der Waals surface area contributed by atoms with Crippen molar-refractivity contribution in [2.24, 2.45) is 0 Å². The van der Waals surface area contributed by atoms with Crippen molar-refractivity contribution in [2.75, 3.05) is 26.2 Å². The molecule has 0 fully saturated rings. The second-order valence-corrected chi connectivity index (χ2v) is 14.5. The van der Waals surface area contributed by atoms with E-state index in [4.69, 9.17) is 18.9 Å². The highest BCUT2D eigenvalue weighted by atomic mass is 16.6. The van der Waals surface area contributed by atoms with Crippen LogP contribution in [0.2, 0.25) is 0 Å². The zero-order valence-corrected chi connectivity index (χ0v) is 30.9. The van der Waals surface area contributed by atoms with Crippen LogP contribution in [0.4, 0.5) is 19.2 Å². The molecule has 12 heteroatoms. The molecule has 0 aromatic heterocycles. The molecule has 0 radical (unpaired) electrons. The Labute approximate surface area is 287 Å². The minimum atomic E-state index is -0.660. The van der Waals surface area contributed by atoms with E-state index < -0.39 is 46.8 Å². The van der Waals surface area contributed by atoms with Gasteiger partial charge >= 0.3 is 24.4 Å². The van der Waals surface area contributed by atoms with Gasteiger partial charge in [-0.25, -0.2) is 19.2 Å². The van der Waals surface area contributed by atoms with Crippen LogP contribution in [0.5, 0.6) is 0 Å². The average molecular weight is 673 g/mol. The zero-order valence-electron chi connectivity index (χ0n) is 30.9. The van der Waals surface area contributed by atoms with E-state index in [1.807, 2.05) is 0 Å². The monoisotopic (exact) mass is 672 g/mol. The fraction of sp³-hybridized carbons (Fsp3) is 0.667. The predicted molar refractivity (Wildman–Crippen MR) is 186 cm³/mol. The van der Waals surface area contributed by atoms with Gasteiger partial charge in [0.25, 0.3) is 0 Å². The fourth-order valence-electron chi connectivity index (χ4n) is 3.13. The van der Waals surface area contributed by atoms with Crippen LogP contribution >= 0.6 is 0 Å². The Morgan fingerprint density at radius 2 is 0.708 bits per heavy atom. The second-order valence-electron chi connectivity index (χ2n) is 14.5. The molecule has 268 valence electrons. The Balaban J connectivity index is 6.06. The van der Waals surface area contributed by atoms with Gasteiger partial charge in [0, 0.05) is 51.0 Å². The lowest BCUT2D eigenvalue weighted by Crippen LogP contribution is -2.33. The number of ether oxygens (including phenoxy) is 4. The van der Waals surface area contributed by atoms with Crippen LogP contribution < -0.4 is 21.3 Å². The molecule has 0 bridgehead atoms. The molecule has 48 heavy (non-hydrogen) atoms. The summed E-state index contributed by atoms with van der Waals surface area (Å²) < 4.78 is 21.1. The summed E-state index contributed by atoms with van der Waals surface area (Å²) in [6.07, 6.45) is -0.986. The van der Waals surface area contributed by atoms with Crippen molar-refractivity contribution in [3.05, 3.63) is 11.1 Å². The number of hydrogen-bond acceptors (Lipinski definition) is 8. The largest absolute Gasteiger partial charge is 0.444 e. The molecular weight excluding hydrogens is 616 g/mol. The van der Waals surface area contributed by atoms with Crippen molar-refractivity contribution in [1.29, 1.82) is 0 Å². The molecule has 0 aromatic carbocycles. The van der Waals surface area contributed by atoms with Crippen LogP contribution in [-0.4, -0.2) is 73.0 Å². The van der Waals surface area contributed by atoms with Gasteiger partial charge in [-0.2, -0.15) is 0 Å². The number of allylic oxidation sites excluding steroid dienone is 1. The molecule has 0 heterocycles. The Morgan fingerprint density at radius 1 is 0.438 bits per heavy atom.